The summed E-state index contributed by atoms with van der Waals surface area (Å²) < 4.78 is 0. The van der Waals surface area contributed by atoms with E-state index in [9.17, 15) is 5.11 Å². The van der Waals surface area contributed by atoms with Crippen LogP contribution in [0.2, 0.25) is 0 Å². The molecule has 1 atom stereocenters. The summed E-state index contributed by atoms with van der Waals surface area (Å²) in [6.45, 7) is 5.36. The Balaban J connectivity index is 2.27. The van der Waals surface area contributed by atoms with Gasteiger partial charge in [-0.1, -0.05) is 13.3 Å². The average molecular weight is 208 g/mol. The van der Waals surface area contributed by atoms with Gasteiger partial charge in [-0.2, -0.15) is 0 Å². The van der Waals surface area contributed by atoms with Crippen molar-refractivity contribution in [3.05, 3.63) is 30.1 Å². The van der Waals surface area contributed by atoms with Gasteiger partial charge in [0, 0.05) is 25.5 Å². The number of hydrogen-bond donors (Lipinski definition) is 2. The van der Waals surface area contributed by atoms with Crippen LogP contribution in [-0.4, -0.2) is 22.2 Å². The molecular weight excluding hydrogens is 188 g/mol. The highest BCUT2D eigenvalue weighted by Gasteiger charge is 2.17. The maximum absolute atomic E-state index is 9.92. The van der Waals surface area contributed by atoms with Crippen molar-refractivity contribution in [1.82, 2.24) is 10.3 Å². The molecule has 1 heterocycles. The number of nitrogens with one attached hydrogen (secondary N) is 1. The molecule has 0 aliphatic heterocycles. The maximum Gasteiger partial charge on any atom is 0.0743 e. The summed E-state index contributed by atoms with van der Waals surface area (Å²) in [5.74, 6) is 0. The van der Waals surface area contributed by atoms with Crippen LogP contribution in [0.5, 0.6) is 0 Å². The first-order valence-electron chi connectivity index (χ1n) is 5.46. The van der Waals surface area contributed by atoms with E-state index < -0.39 is 5.60 Å². The van der Waals surface area contributed by atoms with Crippen molar-refractivity contribution < 1.29 is 5.11 Å². The highest BCUT2D eigenvalue weighted by molar-refractivity contribution is 5.09. The predicted molar refractivity (Wildman–Crippen MR) is 61.5 cm³/mol. The van der Waals surface area contributed by atoms with Crippen molar-refractivity contribution in [2.24, 2.45) is 0 Å². The lowest BCUT2D eigenvalue weighted by Gasteiger charge is -2.23. The van der Waals surface area contributed by atoms with Crippen molar-refractivity contribution in [2.75, 3.05) is 6.54 Å². The summed E-state index contributed by atoms with van der Waals surface area (Å²) in [6, 6.07) is 3.95. The fourth-order valence-corrected chi connectivity index (χ4v) is 1.60. The summed E-state index contributed by atoms with van der Waals surface area (Å²) >= 11 is 0. The number of aromatic nitrogens is 1. The second kappa shape index (κ2) is 5.83. The minimum absolute atomic E-state index is 0.595. The molecule has 0 saturated heterocycles. The third-order valence-electron chi connectivity index (χ3n) is 2.37. The smallest absolute Gasteiger partial charge is 0.0743 e. The van der Waals surface area contributed by atoms with Gasteiger partial charge in [-0.05, 0) is 31.0 Å². The van der Waals surface area contributed by atoms with Crippen molar-refractivity contribution >= 4 is 0 Å². The maximum atomic E-state index is 9.92. The Morgan fingerprint density at radius 2 is 2.07 bits per heavy atom. The molecule has 1 rings (SSSR count). The van der Waals surface area contributed by atoms with Gasteiger partial charge in [-0.15, -0.1) is 0 Å². The van der Waals surface area contributed by atoms with E-state index in [-0.39, 0.29) is 0 Å². The van der Waals surface area contributed by atoms with E-state index in [0.29, 0.717) is 6.54 Å². The summed E-state index contributed by atoms with van der Waals surface area (Å²) in [6.07, 6.45) is 5.39. The molecule has 2 N–H and O–H groups in total. The lowest BCUT2D eigenvalue weighted by atomic mass is 10.0. The van der Waals surface area contributed by atoms with Gasteiger partial charge < -0.3 is 10.4 Å². The van der Waals surface area contributed by atoms with E-state index in [4.69, 9.17) is 0 Å². The lowest BCUT2D eigenvalue weighted by molar-refractivity contribution is 0.0498. The van der Waals surface area contributed by atoms with E-state index in [1.807, 2.05) is 19.1 Å². The van der Waals surface area contributed by atoms with Gasteiger partial charge in [0.25, 0.3) is 0 Å². The molecule has 3 nitrogen and oxygen atoms in total. The van der Waals surface area contributed by atoms with E-state index in [1.165, 1.54) is 5.56 Å². The molecule has 1 aromatic rings. The molecule has 0 saturated carbocycles. The monoisotopic (exact) mass is 208 g/mol. The molecular formula is C12H20N2O. The zero-order chi connectivity index (χ0) is 11.1. The SMILES string of the molecule is CCCC(C)(O)CNCc1ccncc1. The molecule has 0 radical (unpaired) electrons. The van der Waals surface area contributed by atoms with Gasteiger partial charge in [0.15, 0.2) is 0 Å². The Kier molecular flexibility index (Phi) is 4.72. The Hall–Kier alpha value is -0.930. The Bertz CT molecular complexity index is 272. The third kappa shape index (κ3) is 4.91. The number of hydrogen-bond acceptors (Lipinski definition) is 3. The predicted octanol–water partition coefficient (Wildman–Crippen LogP) is 1.72. The zero-order valence-corrected chi connectivity index (χ0v) is 9.53. The number of pyridine rings is 1. The minimum Gasteiger partial charge on any atom is -0.389 e. The van der Waals surface area contributed by atoms with E-state index in [2.05, 4.69) is 17.2 Å². The van der Waals surface area contributed by atoms with Crippen molar-refractivity contribution in [3.8, 4) is 0 Å². The third-order valence-corrected chi connectivity index (χ3v) is 2.37. The van der Waals surface area contributed by atoms with Gasteiger partial charge in [-0.3, -0.25) is 4.98 Å². The van der Waals surface area contributed by atoms with Gasteiger partial charge in [0.1, 0.15) is 0 Å². The van der Waals surface area contributed by atoms with Crippen molar-refractivity contribution in [1.29, 1.82) is 0 Å². The van der Waals surface area contributed by atoms with Crippen LogP contribution < -0.4 is 5.32 Å². The molecule has 3 heteroatoms. The van der Waals surface area contributed by atoms with Gasteiger partial charge >= 0.3 is 0 Å². The van der Waals surface area contributed by atoms with Crippen LogP contribution in [-0.2, 0) is 6.54 Å². The van der Waals surface area contributed by atoms with Crippen molar-refractivity contribution in [2.45, 2.75) is 38.8 Å². The molecule has 0 spiro atoms. The molecule has 1 unspecified atom stereocenters. The average Bonchev–Trinajstić information content (AvgIpc) is 2.19. The Morgan fingerprint density at radius 1 is 1.40 bits per heavy atom. The molecule has 84 valence electrons. The van der Waals surface area contributed by atoms with E-state index >= 15 is 0 Å². The number of nitrogens with zero attached hydrogens (tertiary/aromatic N) is 1. The molecule has 15 heavy (non-hydrogen) atoms. The van der Waals surface area contributed by atoms with Crippen LogP contribution in [0.3, 0.4) is 0 Å². The molecule has 0 amide bonds. The highest BCUT2D eigenvalue weighted by atomic mass is 16.3. The van der Waals surface area contributed by atoms with Crippen LogP contribution in [0.1, 0.15) is 32.3 Å². The van der Waals surface area contributed by atoms with Crippen LogP contribution >= 0.6 is 0 Å². The van der Waals surface area contributed by atoms with E-state index in [1.54, 1.807) is 12.4 Å². The first-order chi connectivity index (χ1) is 7.14. The van der Waals surface area contributed by atoms with Crippen LogP contribution in [0.15, 0.2) is 24.5 Å². The molecule has 1 aromatic heterocycles. The summed E-state index contributed by atoms with van der Waals surface area (Å²) in [5, 5.41) is 13.2. The van der Waals surface area contributed by atoms with Crippen molar-refractivity contribution in [3.63, 3.8) is 0 Å². The Morgan fingerprint density at radius 3 is 2.67 bits per heavy atom. The molecule has 0 aromatic carbocycles. The standard InChI is InChI=1S/C12H20N2O/c1-3-6-12(2,15)10-14-9-11-4-7-13-8-5-11/h4-5,7-8,14-15H,3,6,9-10H2,1-2H3. The largest absolute Gasteiger partial charge is 0.389 e. The van der Waals surface area contributed by atoms with E-state index in [0.717, 1.165) is 19.4 Å². The molecule has 0 bridgehead atoms. The molecule has 0 aliphatic rings. The van der Waals surface area contributed by atoms with Crippen LogP contribution in [0, 0.1) is 0 Å². The normalized spacial score (nSPS) is 14.9. The number of aliphatic hydroxyl groups is 1. The van der Waals surface area contributed by atoms with Gasteiger partial charge in [0.05, 0.1) is 5.60 Å². The number of rotatable bonds is 6. The molecule has 0 fully saturated rings. The van der Waals surface area contributed by atoms with Crippen LogP contribution in [0.25, 0.3) is 0 Å². The highest BCUT2D eigenvalue weighted by Crippen LogP contribution is 2.10. The minimum atomic E-state index is -0.595. The fourth-order valence-electron chi connectivity index (χ4n) is 1.60. The quantitative estimate of drug-likeness (QED) is 0.748. The summed E-state index contributed by atoms with van der Waals surface area (Å²) in [5.41, 5.74) is 0.596. The first-order valence-corrected chi connectivity index (χ1v) is 5.46. The zero-order valence-electron chi connectivity index (χ0n) is 9.53. The first kappa shape index (κ1) is 12.1. The summed E-state index contributed by atoms with van der Waals surface area (Å²) in [4.78, 5) is 3.95. The fraction of sp³-hybridized carbons (Fsp3) is 0.583. The van der Waals surface area contributed by atoms with Crippen LogP contribution in [0.4, 0.5) is 0 Å². The summed E-state index contributed by atoms with van der Waals surface area (Å²) in [7, 11) is 0. The lowest BCUT2D eigenvalue weighted by Crippen LogP contribution is -2.37. The Labute approximate surface area is 91.5 Å². The second-order valence-corrected chi connectivity index (χ2v) is 4.21. The second-order valence-electron chi connectivity index (χ2n) is 4.21. The van der Waals surface area contributed by atoms with Gasteiger partial charge in [-0.25, -0.2) is 0 Å². The topological polar surface area (TPSA) is 45.1 Å². The molecule has 0 aliphatic carbocycles. The van der Waals surface area contributed by atoms with Gasteiger partial charge in [0.2, 0.25) is 0 Å².